The van der Waals surface area contributed by atoms with Crippen LogP contribution in [0.3, 0.4) is 0 Å². The van der Waals surface area contributed by atoms with E-state index in [9.17, 15) is 9.59 Å². The number of hydrogen-bond acceptors (Lipinski definition) is 3. The van der Waals surface area contributed by atoms with Crippen molar-refractivity contribution in [3.05, 3.63) is 46.3 Å². The van der Waals surface area contributed by atoms with Crippen LogP contribution in [0.25, 0.3) is 11.6 Å². The molecule has 2 amide bonds. The zero-order chi connectivity index (χ0) is 21.5. The Morgan fingerprint density at radius 1 is 1.06 bits per heavy atom. The first-order valence-corrected chi connectivity index (χ1v) is 11.2. The second kappa shape index (κ2) is 8.04. The van der Waals surface area contributed by atoms with Crippen LogP contribution in [0.15, 0.2) is 18.2 Å². The van der Waals surface area contributed by atoms with E-state index < -0.39 is 0 Å². The first kappa shape index (κ1) is 20.1. The Balaban J connectivity index is 1.45. The fourth-order valence-corrected chi connectivity index (χ4v) is 5.05. The van der Waals surface area contributed by atoms with E-state index in [1.165, 1.54) is 12.8 Å². The SMILES string of the molecule is [B]c1cccc2c1/C(=C/c1[nH]c3c(c1C)C(=O)N(CCN1CCCC1)CCC3)C(=O)N2. The number of aryl methyl sites for hydroxylation is 1. The van der Waals surface area contributed by atoms with Gasteiger partial charge in [0.15, 0.2) is 0 Å². The summed E-state index contributed by atoms with van der Waals surface area (Å²) in [5.41, 5.74) is 6.00. The van der Waals surface area contributed by atoms with Crippen LogP contribution in [0, 0.1) is 6.92 Å². The van der Waals surface area contributed by atoms with Crippen molar-refractivity contribution in [3.8, 4) is 0 Å². The first-order valence-electron chi connectivity index (χ1n) is 11.2. The number of rotatable bonds is 4. The number of H-pyrrole nitrogens is 1. The predicted octanol–water partition coefficient (Wildman–Crippen LogP) is 2.09. The number of aromatic amines is 1. The minimum atomic E-state index is -0.171. The van der Waals surface area contributed by atoms with Gasteiger partial charge in [-0.2, -0.15) is 0 Å². The highest BCUT2D eigenvalue weighted by atomic mass is 16.2. The highest BCUT2D eigenvalue weighted by Crippen LogP contribution is 2.33. The Labute approximate surface area is 184 Å². The summed E-state index contributed by atoms with van der Waals surface area (Å²) in [6, 6.07) is 5.48. The molecule has 158 valence electrons. The van der Waals surface area contributed by atoms with Gasteiger partial charge in [-0.3, -0.25) is 9.59 Å². The molecule has 2 N–H and O–H groups in total. The van der Waals surface area contributed by atoms with Gasteiger partial charge in [0.25, 0.3) is 11.8 Å². The highest BCUT2D eigenvalue weighted by Gasteiger charge is 2.30. The molecule has 0 atom stereocenters. The van der Waals surface area contributed by atoms with E-state index in [-0.39, 0.29) is 11.8 Å². The van der Waals surface area contributed by atoms with Gasteiger partial charge < -0.3 is 20.1 Å². The van der Waals surface area contributed by atoms with E-state index in [1.807, 2.05) is 30.0 Å². The van der Waals surface area contributed by atoms with Gasteiger partial charge in [0.1, 0.15) is 7.85 Å². The zero-order valence-electron chi connectivity index (χ0n) is 18.0. The molecule has 5 rings (SSSR count). The summed E-state index contributed by atoms with van der Waals surface area (Å²) in [7, 11) is 6.15. The molecule has 0 bridgehead atoms. The van der Waals surface area contributed by atoms with Crippen LogP contribution in [-0.4, -0.2) is 67.2 Å². The second-order valence-electron chi connectivity index (χ2n) is 8.74. The van der Waals surface area contributed by atoms with Crippen LogP contribution in [0.4, 0.5) is 5.69 Å². The molecule has 4 heterocycles. The Hall–Kier alpha value is -2.80. The third-order valence-corrected chi connectivity index (χ3v) is 6.75. The number of likely N-dealkylation sites (tertiary alicyclic amines) is 1. The zero-order valence-corrected chi connectivity index (χ0v) is 18.0. The highest BCUT2D eigenvalue weighted by molar-refractivity contribution is 6.44. The van der Waals surface area contributed by atoms with Crippen molar-refractivity contribution in [2.75, 3.05) is 38.0 Å². The third-order valence-electron chi connectivity index (χ3n) is 6.75. The predicted molar refractivity (Wildman–Crippen MR) is 124 cm³/mol. The maximum Gasteiger partial charge on any atom is 0.256 e. The Bertz CT molecular complexity index is 1080. The molecule has 0 saturated carbocycles. The fraction of sp³-hybridized carbons (Fsp3) is 0.417. The van der Waals surface area contributed by atoms with Crippen molar-refractivity contribution in [1.29, 1.82) is 0 Å². The van der Waals surface area contributed by atoms with Crippen molar-refractivity contribution < 1.29 is 9.59 Å². The molecule has 6 nitrogen and oxygen atoms in total. The molecule has 2 radical (unpaired) electrons. The topological polar surface area (TPSA) is 68.4 Å². The summed E-state index contributed by atoms with van der Waals surface area (Å²) in [6.07, 6.45) is 6.12. The number of carbonyl (C=O) groups is 2. The maximum atomic E-state index is 13.4. The quantitative estimate of drug-likeness (QED) is 0.595. The van der Waals surface area contributed by atoms with E-state index in [4.69, 9.17) is 7.85 Å². The largest absolute Gasteiger partial charge is 0.358 e. The Morgan fingerprint density at radius 3 is 2.68 bits per heavy atom. The summed E-state index contributed by atoms with van der Waals surface area (Å²) in [6.45, 7) is 6.74. The van der Waals surface area contributed by atoms with E-state index in [0.717, 1.165) is 79.3 Å². The van der Waals surface area contributed by atoms with Crippen molar-refractivity contribution in [1.82, 2.24) is 14.8 Å². The van der Waals surface area contributed by atoms with E-state index in [0.29, 0.717) is 11.0 Å². The lowest BCUT2D eigenvalue weighted by molar-refractivity contribution is -0.110. The van der Waals surface area contributed by atoms with Crippen LogP contribution in [0.1, 0.15) is 52.1 Å². The molecule has 0 spiro atoms. The molecule has 3 aliphatic rings. The molecule has 7 heteroatoms. The number of anilines is 1. The van der Waals surface area contributed by atoms with Crippen LogP contribution in [-0.2, 0) is 11.2 Å². The first-order chi connectivity index (χ1) is 15.0. The van der Waals surface area contributed by atoms with Crippen LogP contribution < -0.4 is 10.8 Å². The molecule has 31 heavy (non-hydrogen) atoms. The lowest BCUT2D eigenvalue weighted by Crippen LogP contribution is -2.38. The van der Waals surface area contributed by atoms with Gasteiger partial charge in [-0.25, -0.2) is 0 Å². The number of benzene rings is 1. The van der Waals surface area contributed by atoms with Crippen LogP contribution in [0.2, 0.25) is 0 Å². The summed E-state index contributed by atoms with van der Waals surface area (Å²) < 4.78 is 0. The van der Waals surface area contributed by atoms with Crippen molar-refractivity contribution in [3.63, 3.8) is 0 Å². The van der Waals surface area contributed by atoms with E-state index >= 15 is 0 Å². The number of aromatic nitrogens is 1. The molecule has 0 aliphatic carbocycles. The van der Waals surface area contributed by atoms with Gasteiger partial charge in [-0.05, 0) is 63.4 Å². The summed E-state index contributed by atoms with van der Waals surface area (Å²) in [4.78, 5) is 33.9. The average molecular weight is 414 g/mol. The molecule has 1 aromatic heterocycles. The fourth-order valence-electron chi connectivity index (χ4n) is 5.05. The molecular weight excluding hydrogens is 387 g/mol. The van der Waals surface area contributed by atoms with Gasteiger partial charge in [0.05, 0.1) is 11.1 Å². The monoisotopic (exact) mass is 414 g/mol. The number of fused-ring (bicyclic) bond motifs is 2. The maximum absolute atomic E-state index is 13.4. The molecule has 0 unspecified atom stereocenters. The number of nitrogens with zero attached hydrogens (tertiary/aromatic N) is 2. The lowest BCUT2D eigenvalue weighted by atomic mass is 9.87. The standard InChI is InChI=1S/C24H27BN4O2/c1-15-20(14-16-22-17(25)6-4-7-19(22)27-23(16)30)26-18-8-5-11-29(24(31)21(15)18)13-12-28-9-2-3-10-28/h4,6-7,14,26H,2-3,5,8-13H2,1H3,(H,27,30)/b16-14-. The molecule has 1 saturated heterocycles. The molecule has 1 aromatic carbocycles. The third kappa shape index (κ3) is 3.61. The van der Waals surface area contributed by atoms with E-state index in [2.05, 4.69) is 15.2 Å². The molecule has 1 fully saturated rings. The van der Waals surface area contributed by atoms with Gasteiger partial charge >= 0.3 is 0 Å². The Morgan fingerprint density at radius 2 is 1.87 bits per heavy atom. The van der Waals surface area contributed by atoms with Crippen molar-refractivity contribution in [2.24, 2.45) is 0 Å². The average Bonchev–Trinajstić information content (AvgIpc) is 3.42. The molecule has 2 aromatic rings. The van der Waals surface area contributed by atoms with Crippen LogP contribution in [0.5, 0.6) is 0 Å². The van der Waals surface area contributed by atoms with Gasteiger partial charge in [0.2, 0.25) is 0 Å². The number of hydrogen-bond donors (Lipinski definition) is 2. The van der Waals surface area contributed by atoms with Gasteiger partial charge in [-0.15, -0.1) is 0 Å². The number of amides is 2. The van der Waals surface area contributed by atoms with Crippen molar-refractivity contribution >= 4 is 42.5 Å². The van der Waals surface area contributed by atoms with E-state index in [1.54, 1.807) is 6.07 Å². The number of carbonyl (C=O) groups excluding carboxylic acids is 2. The van der Waals surface area contributed by atoms with Gasteiger partial charge in [-0.1, -0.05) is 17.6 Å². The van der Waals surface area contributed by atoms with Crippen molar-refractivity contribution in [2.45, 2.75) is 32.6 Å². The summed E-state index contributed by atoms with van der Waals surface area (Å²) in [5, 5.41) is 2.88. The van der Waals surface area contributed by atoms with Gasteiger partial charge in [0, 0.05) is 42.3 Å². The summed E-state index contributed by atoms with van der Waals surface area (Å²) in [5.74, 6) is -0.0726. The second-order valence-corrected chi connectivity index (χ2v) is 8.74. The minimum absolute atomic E-state index is 0.0980. The minimum Gasteiger partial charge on any atom is -0.358 e. The van der Waals surface area contributed by atoms with Crippen LogP contribution >= 0.6 is 0 Å². The number of nitrogens with one attached hydrogen (secondary N) is 2. The normalized spacial score (nSPS) is 20.2. The Kier molecular flexibility index (Phi) is 5.22. The lowest BCUT2D eigenvalue weighted by Gasteiger charge is -2.24. The summed E-state index contributed by atoms with van der Waals surface area (Å²) >= 11 is 0. The smallest absolute Gasteiger partial charge is 0.256 e. The molecule has 3 aliphatic heterocycles. The molecular formula is C24H27BN4O2.